The Hall–Kier alpha value is -0.280. The molecule has 16 heavy (non-hydrogen) atoms. The molecule has 1 heterocycles. The summed E-state index contributed by atoms with van der Waals surface area (Å²) < 4.78 is 2.00. The number of aromatic nitrogens is 2. The van der Waals surface area contributed by atoms with Gasteiger partial charge in [0.1, 0.15) is 0 Å². The van der Waals surface area contributed by atoms with Crippen molar-refractivity contribution in [2.75, 3.05) is 5.33 Å². The second kappa shape index (κ2) is 7.13. The number of halogens is 2. The van der Waals surface area contributed by atoms with Gasteiger partial charge in [0.05, 0.1) is 16.4 Å². The Labute approximate surface area is 111 Å². The lowest BCUT2D eigenvalue weighted by molar-refractivity contribution is 0.623. The molecule has 4 heteroatoms. The monoisotopic (exact) mass is 304 g/mol. The average molecular weight is 306 g/mol. The SMILES string of the molecule is CCc1nn(CC)c(CC=CCCBr)c1Cl. The van der Waals surface area contributed by atoms with E-state index in [4.69, 9.17) is 11.6 Å². The van der Waals surface area contributed by atoms with Crippen LogP contribution in [0.1, 0.15) is 31.7 Å². The van der Waals surface area contributed by atoms with Crippen LogP contribution >= 0.6 is 27.5 Å². The highest BCUT2D eigenvalue weighted by Gasteiger charge is 2.12. The zero-order valence-electron chi connectivity index (χ0n) is 9.84. The van der Waals surface area contributed by atoms with Gasteiger partial charge in [0, 0.05) is 18.3 Å². The second-order valence-corrected chi connectivity index (χ2v) is 4.70. The molecule has 0 radical (unpaired) electrons. The molecular formula is C12H18BrClN2. The molecule has 0 aliphatic rings. The van der Waals surface area contributed by atoms with E-state index in [0.717, 1.165) is 47.5 Å². The Morgan fingerprint density at radius 1 is 1.38 bits per heavy atom. The van der Waals surface area contributed by atoms with E-state index in [1.807, 2.05) is 4.68 Å². The van der Waals surface area contributed by atoms with Crippen molar-refractivity contribution in [1.29, 1.82) is 0 Å². The van der Waals surface area contributed by atoms with Crippen LogP contribution in [0.2, 0.25) is 5.02 Å². The predicted molar refractivity (Wildman–Crippen MR) is 73.5 cm³/mol. The third-order valence-corrected chi connectivity index (χ3v) is 3.34. The number of allylic oxidation sites excluding steroid dienone is 2. The van der Waals surface area contributed by atoms with Gasteiger partial charge in [0.15, 0.2) is 0 Å². The third kappa shape index (κ3) is 3.36. The molecule has 0 aromatic carbocycles. The molecule has 0 spiro atoms. The number of nitrogens with zero attached hydrogens (tertiary/aromatic N) is 2. The Kier molecular flexibility index (Phi) is 6.14. The van der Waals surface area contributed by atoms with Crippen molar-refractivity contribution in [2.24, 2.45) is 0 Å². The molecule has 0 aliphatic heterocycles. The largest absolute Gasteiger partial charge is 0.268 e. The van der Waals surface area contributed by atoms with Gasteiger partial charge in [-0.1, -0.05) is 46.6 Å². The molecule has 0 bridgehead atoms. The lowest BCUT2D eigenvalue weighted by atomic mass is 10.2. The first-order chi connectivity index (χ1) is 7.74. The molecule has 0 saturated carbocycles. The topological polar surface area (TPSA) is 17.8 Å². The van der Waals surface area contributed by atoms with Gasteiger partial charge >= 0.3 is 0 Å². The molecule has 0 unspecified atom stereocenters. The van der Waals surface area contributed by atoms with Gasteiger partial charge in [0.2, 0.25) is 0 Å². The van der Waals surface area contributed by atoms with Crippen LogP contribution < -0.4 is 0 Å². The van der Waals surface area contributed by atoms with E-state index in [1.54, 1.807) is 0 Å². The summed E-state index contributed by atoms with van der Waals surface area (Å²) in [5.41, 5.74) is 2.14. The molecule has 90 valence electrons. The predicted octanol–water partition coefficient (Wildman–Crippen LogP) is 4.00. The molecule has 0 amide bonds. The molecule has 0 atom stereocenters. The quantitative estimate of drug-likeness (QED) is 0.574. The van der Waals surface area contributed by atoms with Crippen molar-refractivity contribution >= 4 is 27.5 Å². The van der Waals surface area contributed by atoms with Gasteiger partial charge in [-0.25, -0.2) is 0 Å². The molecule has 0 aliphatic carbocycles. The van der Waals surface area contributed by atoms with Crippen molar-refractivity contribution in [3.63, 3.8) is 0 Å². The summed E-state index contributed by atoms with van der Waals surface area (Å²) in [7, 11) is 0. The summed E-state index contributed by atoms with van der Waals surface area (Å²) >= 11 is 9.69. The fourth-order valence-corrected chi connectivity index (χ4v) is 2.20. The Bertz CT molecular complexity index is 358. The second-order valence-electron chi connectivity index (χ2n) is 3.53. The molecule has 1 rings (SSSR count). The molecule has 1 aromatic heterocycles. The maximum absolute atomic E-state index is 6.29. The average Bonchev–Trinajstić information content (AvgIpc) is 2.61. The van der Waals surface area contributed by atoms with E-state index in [9.17, 15) is 0 Å². The van der Waals surface area contributed by atoms with Crippen LogP contribution in [0.3, 0.4) is 0 Å². The summed E-state index contributed by atoms with van der Waals surface area (Å²) in [6.07, 6.45) is 7.15. The first kappa shape index (κ1) is 13.8. The molecule has 2 nitrogen and oxygen atoms in total. The summed E-state index contributed by atoms with van der Waals surface area (Å²) in [5.74, 6) is 0. The highest BCUT2D eigenvalue weighted by molar-refractivity contribution is 9.09. The van der Waals surface area contributed by atoms with E-state index in [1.165, 1.54) is 0 Å². The van der Waals surface area contributed by atoms with Gasteiger partial charge in [-0.05, 0) is 19.8 Å². The molecule has 0 saturated heterocycles. The first-order valence-corrected chi connectivity index (χ1v) is 7.19. The van der Waals surface area contributed by atoms with Crippen LogP contribution in [-0.2, 0) is 19.4 Å². The number of hydrogen-bond donors (Lipinski definition) is 0. The van der Waals surface area contributed by atoms with Crippen molar-refractivity contribution in [1.82, 2.24) is 9.78 Å². The van der Waals surface area contributed by atoms with E-state index < -0.39 is 0 Å². The Balaban J connectivity index is 2.80. The van der Waals surface area contributed by atoms with Gasteiger partial charge in [-0.3, -0.25) is 4.68 Å². The van der Waals surface area contributed by atoms with Crippen LogP contribution in [-0.4, -0.2) is 15.1 Å². The van der Waals surface area contributed by atoms with Crippen LogP contribution in [0.4, 0.5) is 0 Å². The summed E-state index contributed by atoms with van der Waals surface area (Å²) in [4.78, 5) is 0. The fraction of sp³-hybridized carbons (Fsp3) is 0.583. The van der Waals surface area contributed by atoms with Crippen molar-refractivity contribution in [3.8, 4) is 0 Å². The molecular weight excluding hydrogens is 288 g/mol. The maximum Gasteiger partial charge on any atom is 0.0853 e. The summed E-state index contributed by atoms with van der Waals surface area (Å²) in [5, 5.41) is 6.33. The number of alkyl halides is 1. The first-order valence-electron chi connectivity index (χ1n) is 5.69. The van der Waals surface area contributed by atoms with Crippen molar-refractivity contribution < 1.29 is 0 Å². The fourth-order valence-electron chi connectivity index (χ4n) is 1.59. The third-order valence-electron chi connectivity index (χ3n) is 2.45. The Morgan fingerprint density at radius 2 is 2.12 bits per heavy atom. The number of aryl methyl sites for hydroxylation is 2. The molecule has 0 N–H and O–H groups in total. The minimum absolute atomic E-state index is 0.841. The van der Waals surface area contributed by atoms with E-state index in [-0.39, 0.29) is 0 Å². The summed E-state index contributed by atoms with van der Waals surface area (Å²) in [6.45, 7) is 5.05. The number of hydrogen-bond acceptors (Lipinski definition) is 1. The lowest BCUT2D eigenvalue weighted by Gasteiger charge is -2.01. The van der Waals surface area contributed by atoms with E-state index in [2.05, 4.69) is 47.0 Å². The highest BCUT2D eigenvalue weighted by Crippen LogP contribution is 2.22. The van der Waals surface area contributed by atoms with Gasteiger partial charge in [-0.15, -0.1) is 0 Å². The van der Waals surface area contributed by atoms with Gasteiger partial charge in [0.25, 0.3) is 0 Å². The van der Waals surface area contributed by atoms with Crippen LogP contribution in [0.15, 0.2) is 12.2 Å². The van der Waals surface area contributed by atoms with Crippen LogP contribution in [0, 0.1) is 0 Å². The zero-order chi connectivity index (χ0) is 12.0. The highest BCUT2D eigenvalue weighted by atomic mass is 79.9. The minimum Gasteiger partial charge on any atom is -0.268 e. The van der Waals surface area contributed by atoms with Gasteiger partial charge < -0.3 is 0 Å². The summed E-state index contributed by atoms with van der Waals surface area (Å²) in [6, 6.07) is 0. The number of rotatable bonds is 6. The molecule has 1 aromatic rings. The van der Waals surface area contributed by atoms with E-state index >= 15 is 0 Å². The minimum atomic E-state index is 0.841. The van der Waals surface area contributed by atoms with E-state index in [0.29, 0.717) is 0 Å². The van der Waals surface area contributed by atoms with Crippen molar-refractivity contribution in [2.45, 2.75) is 39.7 Å². The van der Waals surface area contributed by atoms with Crippen molar-refractivity contribution in [3.05, 3.63) is 28.6 Å². The molecule has 0 fully saturated rings. The maximum atomic E-state index is 6.29. The Morgan fingerprint density at radius 3 is 2.69 bits per heavy atom. The lowest BCUT2D eigenvalue weighted by Crippen LogP contribution is -2.02. The van der Waals surface area contributed by atoms with Crippen LogP contribution in [0.25, 0.3) is 0 Å². The standard InChI is InChI=1S/C12H18BrClN2/c1-3-10-12(14)11(16(4-2)15-10)8-6-5-7-9-13/h5-6H,3-4,7-9H2,1-2H3. The normalized spacial score (nSPS) is 11.5. The van der Waals surface area contributed by atoms with Gasteiger partial charge in [-0.2, -0.15) is 5.10 Å². The van der Waals surface area contributed by atoms with Crippen LogP contribution in [0.5, 0.6) is 0 Å². The zero-order valence-corrected chi connectivity index (χ0v) is 12.2. The smallest absolute Gasteiger partial charge is 0.0853 e.